The maximum atomic E-state index is 4.49. The molecule has 1 aliphatic heterocycles. The Morgan fingerprint density at radius 2 is 2.23 bits per heavy atom. The van der Waals surface area contributed by atoms with Gasteiger partial charge in [-0.05, 0) is 32.4 Å². The molecule has 22 heavy (non-hydrogen) atoms. The Hall–Kier alpha value is -1.95. The van der Waals surface area contributed by atoms with Crippen molar-refractivity contribution in [3.05, 3.63) is 36.0 Å². The van der Waals surface area contributed by atoms with Gasteiger partial charge in [-0.1, -0.05) is 0 Å². The number of likely N-dealkylation sites (N-methyl/N-ethyl adjacent to an activating group) is 1. The fourth-order valence-corrected chi connectivity index (χ4v) is 3.09. The number of rotatable bonds is 4. The third-order valence-corrected chi connectivity index (χ3v) is 4.33. The Morgan fingerprint density at radius 1 is 1.36 bits per heavy atom. The Labute approximate surface area is 131 Å². The van der Waals surface area contributed by atoms with E-state index >= 15 is 0 Å². The smallest absolute Gasteiger partial charge is 0.132 e. The number of aromatic nitrogens is 4. The van der Waals surface area contributed by atoms with E-state index in [2.05, 4.69) is 44.0 Å². The second-order valence-corrected chi connectivity index (χ2v) is 6.14. The topological polar surface area (TPSA) is 50.1 Å². The molecule has 1 unspecified atom stereocenters. The third kappa shape index (κ3) is 3.44. The monoisotopic (exact) mass is 300 g/mol. The maximum Gasteiger partial charge on any atom is 0.132 e. The molecule has 1 fully saturated rings. The lowest BCUT2D eigenvalue weighted by Crippen LogP contribution is -2.46. The second kappa shape index (κ2) is 6.44. The molecule has 0 aromatic carbocycles. The highest BCUT2D eigenvalue weighted by Crippen LogP contribution is 2.21. The molecule has 1 atom stereocenters. The molecule has 0 saturated carbocycles. The molecule has 0 N–H and O–H groups in total. The predicted octanol–water partition coefficient (Wildman–Crippen LogP) is 1.62. The minimum absolute atomic E-state index is 0.492. The van der Waals surface area contributed by atoms with Crippen LogP contribution in [0.25, 0.3) is 0 Å². The lowest BCUT2D eigenvalue weighted by molar-refractivity contribution is 0.196. The van der Waals surface area contributed by atoms with Crippen LogP contribution in [-0.4, -0.2) is 50.8 Å². The van der Waals surface area contributed by atoms with Gasteiger partial charge in [0.25, 0.3) is 0 Å². The summed E-state index contributed by atoms with van der Waals surface area (Å²) in [5, 5.41) is 4.49. The summed E-state index contributed by atoms with van der Waals surface area (Å²) in [5.41, 5.74) is 2.15. The molecule has 1 aliphatic rings. The van der Waals surface area contributed by atoms with Crippen molar-refractivity contribution in [1.29, 1.82) is 0 Å². The fraction of sp³-hybridized carbons (Fsp3) is 0.562. The summed E-state index contributed by atoms with van der Waals surface area (Å²) in [7, 11) is 4.10. The van der Waals surface area contributed by atoms with Crippen LogP contribution in [0.4, 0.5) is 5.82 Å². The Bertz CT molecular complexity index is 623. The summed E-state index contributed by atoms with van der Waals surface area (Å²) in [6.45, 7) is 5.13. The molecule has 0 bridgehead atoms. The molecule has 6 nitrogen and oxygen atoms in total. The quantitative estimate of drug-likeness (QED) is 0.859. The van der Waals surface area contributed by atoms with Gasteiger partial charge in [-0.25, -0.2) is 9.97 Å². The summed E-state index contributed by atoms with van der Waals surface area (Å²) in [6, 6.07) is 4.64. The summed E-state index contributed by atoms with van der Waals surface area (Å²) < 4.78 is 1.87. The van der Waals surface area contributed by atoms with E-state index in [1.165, 1.54) is 12.8 Å². The van der Waals surface area contributed by atoms with E-state index < -0.39 is 0 Å². The van der Waals surface area contributed by atoms with Gasteiger partial charge in [0.2, 0.25) is 0 Å². The van der Waals surface area contributed by atoms with Crippen LogP contribution in [0.15, 0.2) is 24.7 Å². The highest BCUT2D eigenvalue weighted by Gasteiger charge is 2.24. The number of aryl methyl sites for hydroxylation is 2. The van der Waals surface area contributed by atoms with Crippen LogP contribution in [0.5, 0.6) is 0 Å². The zero-order valence-electron chi connectivity index (χ0n) is 13.6. The minimum atomic E-state index is 0.492. The highest BCUT2D eigenvalue weighted by atomic mass is 15.3. The largest absolute Gasteiger partial charge is 0.355 e. The summed E-state index contributed by atoms with van der Waals surface area (Å²) >= 11 is 0. The fourth-order valence-electron chi connectivity index (χ4n) is 3.09. The van der Waals surface area contributed by atoms with Crippen molar-refractivity contribution in [2.45, 2.75) is 32.4 Å². The number of hydrogen-bond acceptors (Lipinski definition) is 5. The number of likely N-dealkylation sites (tertiary alicyclic amines) is 1. The first kappa shape index (κ1) is 15.0. The van der Waals surface area contributed by atoms with Gasteiger partial charge in [0.15, 0.2) is 0 Å². The predicted molar refractivity (Wildman–Crippen MR) is 86.7 cm³/mol. The van der Waals surface area contributed by atoms with Crippen molar-refractivity contribution < 1.29 is 0 Å². The van der Waals surface area contributed by atoms with Gasteiger partial charge >= 0.3 is 0 Å². The van der Waals surface area contributed by atoms with Gasteiger partial charge in [-0.15, -0.1) is 0 Å². The summed E-state index contributed by atoms with van der Waals surface area (Å²) in [5.74, 6) is 1.01. The average molecular weight is 300 g/mol. The van der Waals surface area contributed by atoms with Crippen LogP contribution in [0.2, 0.25) is 0 Å². The van der Waals surface area contributed by atoms with E-state index in [0.29, 0.717) is 6.04 Å². The van der Waals surface area contributed by atoms with E-state index in [4.69, 9.17) is 0 Å². The van der Waals surface area contributed by atoms with E-state index in [1.807, 2.05) is 24.9 Å². The molecule has 0 spiro atoms. The van der Waals surface area contributed by atoms with E-state index in [0.717, 1.165) is 36.8 Å². The first-order valence-electron chi connectivity index (χ1n) is 7.84. The minimum Gasteiger partial charge on any atom is -0.355 e. The molecule has 6 heteroatoms. The average Bonchev–Trinajstić information content (AvgIpc) is 2.92. The zero-order chi connectivity index (χ0) is 15.5. The van der Waals surface area contributed by atoms with Crippen LogP contribution in [0.3, 0.4) is 0 Å². The number of piperidine rings is 1. The van der Waals surface area contributed by atoms with Crippen LogP contribution < -0.4 is 4.90 Å². The highest BCUT2D eigenvalue weighted by molar-refractivity contribution is 5.39. The van der Waals surface area contributed by atoms with Gasteiger partial charge < -0.3 is 4.90 Å². The van der Waals surface area contributed by atoms with Gasteiger partial charge in [-0.3, -0.25) is 9.58 Å². The Balaban J connectivity index is 1.64. The van der Waals surface area contributed by atoms with Crippen molar-refractivity contribution in [3.8, 4) is 0 Å². The van der Waals surface area contributed by atoms with E-state index in [-0.39, 0.29) is 0 Å². The summed E-state index contributed by atoms with van der Waals surface area (Å²) in [4.78, 5) is 13.4. The van der Waals surface area contributed by atoms with Gasteiger partial charge in [0.05, 0.1) is 5.69 Å². The molecule has 0 amide bonds. The Morgan fingerprint density at radius 3 is 2.95 bits per heavy atom. The number of hydrogen-bond donors (Lipinski definition) is 0. The van der Waals surface area contributed by atoms with Crippen molar-refractivity contribution in [3.63, 3.8) is 0 Å². The number of nitrogens with zero attached hydrogens (tertiary/aromatic N) is 6. The normalized spacial score (nSPS) is 19.3. The maximum absolute atomic E-state index is 4.49. The number of anilines is 1. The molecule has 3 rings (SSSR count). The molecule has 2 aromatic rings. The van der Waals surface area contributed by atoms with E-state index in [1.54, 1.807) is 6.33 Å². The van der Waals surface area contributed by atoms with Gasteiger partial charge in [0, 0.05) is 51.2 Å². The van der Waals surface area contributed by atoms with Crippen LogP contribution >= 0.6 is 0 Å². The third-order valence-electron chi connectivity index (χ3n) is 4.33. The first-order chi connectivity index (χ1) is 10.6. The molecule has 2 aromatic heterocycles. The van der Waals surface area contributed by atoms with Crippen LogP contribution in [0, 0.1) is 6.92 Å². The summed E-state index contributed by atoms with van der Waals surface area (Å²) in [6.07, 6.45) is 6.08. The SMILES string of the molecule is Cc1cc(N(C)C2CCCN(Cc3ccn(C)n3)C2)ncn1. The molecule has 0 radical (unpaired) electrons. The molecule has 0 aliphatic carbocycles. The van der Waals surface area contributed by atoms with Crippen molar-refractivity contribution in [1.82, 2.24) is 24.6 Å². The lowest BCUT2D eigenvalue weighted by Gasteiger charge is -2.37. The second-order valence-electron chi connectivity index (χ2n) is 6.14. The van der Waals surface area contributed by atoms with E-state index in [9.17, 15) is 0 Å². The molecule has 118 valence electrons. The van der Waals surface area contributed by atoms with Crippen LogP contribution in [-0.2, 0) is 13.6 Å². The van der Waals surface area contributed by atoms with Crippen LogP contribution in [0.1, 0.15) is 24.2 Å². The van der Waals surface area contributed by atoms with Crippen molar-refractivity contribution in [2.24, 2.45) is 7.05 Å². The van der Waals surface area contributed by atoms with Crippen molar-refractivity contribution >= 4 is 5.82 Å². The van der Waals surface area contributed by atoms with Gasteiger partial charge in [0.1, 0.15) is 12.1 Å². The zero-order valence-corrected chi connectivity index (χ0v) is 13.6. The first-order valence-corrected chi connectivity index (χ1v) is 7.84. The van der Waals surface area contributed by atoms with Crippen molar-refractivity contribution in [2.75, 3.05) is 25.0 Å². The standard InChI is InChI=1S/C16H24N6/c1-13-9-16(18-12-17-13)21(3)15-5-4-7-22(11-15)10-14-6-8-20(2)19-14/h6,8-9,12,15H,4-5,7,10-11H2,1-3H3. The lowest BCUT2D eigenvalue weighted by atomic mass is 10.0. The molecular weight excluding hydrogens is 276 g/mol. The molecule has 1 saturated heterocycles. The molecule has 3 heterocycles. The Kier molecular flexibility index (Phi) is 4.38. The molecular formula is C16H24N6. The van der Waals surface area contributed by atoms with Gasteiger partial charge in [-0.2, -0.15) is 5.10 Å².